The van der Waals surface area contributed by atoms with Gasteiger partial charge in [0.05, 0.1) is 23.2 Å². The van der Waals surface area contributed by atoms with Crippen molar-refractivity contribution in [1.82, 2.24) is 20.1 Å². The van der Waals surface area contributed by atoms with Gasteiger partial charge in [-0.3, -0.25) is 14.5 Å². The Hall–Kier alpha value is -3.56. The number of aryl methyl sites for hydroxylation is 1. The van der Waals surface area contributed by atoms with E-state index in [1.807, 2.05) is 86.1 Å². The Kier molecular flexibility index (Phi) is 6.84. The summed E-state index contributed by atoms with van der Waals surface area (Å²) in [6.45, 7) is 3.85. The van der Waals surface area contributed by atoms with Crippen LogP contribution in [0.15, 0.2) is 87.7 Å². The van der Waals surface area contributed by atoms with Gasteiger partial charge in [0.15, 0.2) is 11.0 Å². The molecule has 0 bridgehead atoms. The van der Waals surface area contributed by atoms with Gasteiger partial charge in [0, 0.05) is 22.4 Å². The lowest BCUT2D eigenvalue weighted by molar-refractivity contribution is -0.115. The summed E-state index contributed by atoms with van der Waals surface area (Å²) in [5.74, 6) is 0.611. The highest BCUT2D eigenvalue weighted by molar-refractivity contribution is 8.00. The third kappa shape index (κ3) is 4.76. The number of para-hydroxylation sites is 2. The minimum Gasteiger partial charge on any atom is -0.342 e. The van der Waals surface area contributed by atoms with Crippen LogP contribution in [0.4, 0.5) is 11.4 Å². The van der Waals surface area contributed by atoms with Crippen molar-refractivity contribution in [2.75, 3.05) is 10.7 Å². The number of nitrogens with zero attached hydrogens (tertiary/aromatic N) is 4. The van der Waals surface area contributed by atoms with Crippen molar-refractivity contribution in [3.8, 4) is 0 Å². The number of nitrogens with one attached hydrogen (secondary N) is 1. The summed E-state index contributed by atoms with van der Waals surface area (Å²) in [7, 11) is 1.85. The number of carbonyl (C=O) groups is 2. The quantitative estimate of drug-likeness (QED) is 0.340. The first-order valence-electron chi connectivity index (χ1n) is 11.5. The summed E-state index contributed by atoms with van der Waals surface area (Å²) in [5, 5.41) is 12.2. The van der Waals surface area contributed by atoms with Crippen LogP contribution in [0.5, 0.6) is 0 Å². The van der Waals surface area contributed by atoms with Crippen molar-refractivity contribution < 1.29 is 9.59 Å². The predicted octanol–water partition coefficient (Wildman–Crippen LogP) is 5.54. The first-order valence-corrected chi connectivity index (χ1v) is 13.3. The fraction of sp³-hybridized carbons (Fsp3) is 0.185. The molecule has 9 heteroatoms. The molecule has 0 saturated heterocycles. The maximum atomic E-state index is 13.5. The van der Waals surface area contributed by atoms with Crippen LogP contribution in [0.3, 0.4) is 0 Å². The van der Waals surface area contributed by atoms with Gasteiger partial charge in [-0.25, -0.2) is 0 Å². The van der Waals surface area contributed by atoms with Crippen molar-refractivity contribution >= 4 is 46.7 Å². The lowest BCUT2D eigenvalue weighted by Gasteiger charge is -2.30. The maximum Gasteiger partial charge on any atom is 0.251 e. The van der Waals surface area contributed by atoms with Gasteiger partial charge >= 0.3 is 0 Å². The molecule has 7 nitrogen and oxygen atoms in total. The Bertz CT molecular complexity index is 1390. The average Bonchev–Trinajstić information content (AvgIpc) is 3.26. The van der Waals surface area contributed by atoms with Gasteiger partial charge in [-0.15, -0.1) is 10.2 Å². The first-order chi connectivity index (χ1) is 17.4. The number of benzene rings is 3. The number of thioether (sulfide) groups is 1. The SMILES string of the molecule is Cc1ccc(C(=O)NC(C)c2nnc(SCC(=O)N3c4ccccc4Sc4ccccc43)n2C)cc1. The molecule has 0 radical (unpaired) electrons. The molecular formula is C27H25N5O2S2. The number of carbonyl (C=O) groups excluding carboxylic acids is 2. The maximum absolute atomic E-state index is 13.5. The molecule has 0 spiro atoms. The van der Waals surface area contributed by atoms with E-state index in [0.717, 1.165) is 26.7 Å². The number of hydrogen-bond donors (Lipinski definition) is 1. The fourth-order valence-corrected chi connectivity index (χ4v) is 5.87. The molecule has 2 heterocycles. The van der Waals surface area contributed by atoms with Gasteiger partial charge in [-0.1, -0.05) is 65.5 Å². The molecule has 1 atom stereocenters. The van der Waals surface area contributed by atoms with E-state index >= 15 is 0 Å². The summed E-state index contributed by atoms with van der Waals surface area (Å²) < 4.78 is 1.83. The van der Waals surface area contributed by atoms with Gasteiger partial charge in [0.1, 0.15) is 0 Å². The molecule has 2 amide bonds. The lowest BCUT2D eigenvalue weighted by Crippen LogP contribution is -2.30. The molecular weight excluding hydrogens is 490 g/mol. The van der Waals surface area contributed by atoms with Crippen molar-refractivity contribution in [1.29, 1.82) is 0 Å². The molecule has 5 rings (SSSR count). The monoisotopic (exact) mass is 515 g/mol. The number of aromatic nitrogens is 3. The van der Waals surface area contributed by atoms with Crippen LogP contribution >= 0.6 is 23.5 Å². The Labute approximate surface area is 218 Å². The number of rotatable bonds is 6. The smallest absolute Gasteiger partial charge is 0.251 e. The Balaban J connectivity index is 1.29. The zero-order chi connectivity index (χ0) is 25.2. The first kappa shape index (κ1) is 24.1. The van der Waals surface area contributed by atoms with Crippen molar-refractivity contribution in [3.63, 3.8) is 0 Å². The summed E-state index contributed by atoms with van der Waals surface area (Å²) in [4.78, 5) is 30.0. The normalized spacial score (nSPS) is 13.0. The molecule has 0 aliphatic carbocycles. The molecule has 0 saturated carbocycles. The molecule has 0 fully saturated rings. The topological polar surface area (TPSA) is 80.1 Å². The molecule has 1 aliphatic rings. The third-order valence-corrected chi connectivity index (χ3v) is 8.06. The van der Waals surface area contributed by atoms with Gasteiger partial charge < -0.3 is 9.88 Å². The minimum atomic E-state index is -0.348. The Morgan fingerprint density at radius 2 is 1.56 bits per heavy atom. The highest BCUT2D eigenvalue weighted by Gasteiger charge is 2.28. The zero-order valence-electron chi connectivity index (χ0n) is 20.1. The summed E-state index contributed by atoms with van der Waals surface area (Å²) in [5.41, 5.74) is 3.46. The van der Waals surface area contributed by atoms with Crippen LogP contribution in [0.25, 0.3) is 0 Å². The molecule has 4 aromatic rings. The van der Waals surface area contributed by atoms with E-state index in [0.29, 0.717) is 16.5 Å². The van der Waals surface area contributed by atoms with Crippen molar-refractivity contribution in [2.45, 2.75) is 34.8 Å². The summed E-state index contributed by atoms with van der Waals surface area (Å²) in [6, 6.07) is 22.9. The molecule has 182 valence electrons. The predicted molar refractivity (Wildman–Crippen MR) is 143 cm³/mol. The molecule has 1 aromatic heterocycles. The number of hydrogen-bond acceptors (Lipinski definition) is 6. The molecule has 36 heavy (non-hydrogen) atoms. The van der Waals surface area contributed by atoms with E-state index in [2.05, 4.69) is 15.5 Å². The van der Waals surface area contributed by atoms with E-state index in [4.69, 9.17) is 0 Å². The second kappa shape index (κ2) is 10.2. The fourth-order valence-electron chi connectivity index (χ4n) is 4.04. The van der Waals surface area contributed by atoms with Crippen molar-refractivity contribution in [3.05, 3.63) is 89.7 Å². The van der Waals surface area contributed by atoms with Crippen LogP contribution in [0.1, 0.15) is 34.7 Å². The van der Waals surface area contributed by atoms with Crippen molar-refractivity contribution in [2.24, 2.45) is 7.05 Å². The molecule has 1 unspecified atom stereocenters. The van der Waals surface area contributed by atoms with Gasteiger partial charge in [0.25, 0.3) is 5.91 Å². The van der Waals surface area contributed by atoms with E-state index in [9.17, 15) is 9.59 Å². The standard InChI is InChI=1S/C27H25N5O2S2/c1-17-12-14-19(15-13-17)26(34)28-18(2)25-29-30-27(31(25)3)35-16-24(33)32-20-8-4-6-10-22(20)36-23-11-7-5-9-21(23)32/h4-15,18H,16H2,1-3H3,(H,28,34). The summed E-state index contributed by atoms with van der Waals surface area (Å²) in [6.07, 6.45) is 0. The van der Waals surface area contributed by atoms with E-state index in [1.165, 1.54) is 11.8 Å². The van der Waals surface area contributed by atoms with Crippen LogP contribution < -0.4 is 10.2 Å². The number of anilines is 2. The van der Waals surface area contributed by atoms with E-state index in [-0.39, 0.29) is 23.6 Å². The van der Waals surface area contributed by atoms with E-state index < -0.39 is 0 Å². The Morgan fingerprint density at radius 3 is 2.19 bits per heavy atom. The zero-order valence-corrected chi connectivity index (χ0v) is 21.8. The highest BCUT2D eigenvalue weighted by atomic mass is 32.2. The second-order valence-corrected chi connectivity index (χ2v) is 10.5. The highest BCUT2D eigenvalue weighted by Crippen LogP contribution is 2.48. The van der Waals surface area contributed by atoms with Crippen LogP contribution in [-0.2, 0) is 11.8 Å². The molecule has 3 aromatic carbocycles. The third-order valence-electron chi connectivity index (χ3n) is 5.92. The summed E-state index contributed by atoms with van der Waals surface area (Å²) >= 11 is 3.00. The van der Waals surface area contributed by atoms with Gasteiger partial charge in [0.2, 0.25) is 5.91 Å². The molecule has 1 aliphatic heterocycles. The lowest BCUT2D eigenvalue weighted by atomic mass is 10.1. The molecule has 1 N–H and O–H groups in total. The number of fused-ring (bicyclic) bond motifs is 2. The van der Waals surface area contributed by atoms with E-state index in [1.54, 1.807) is 28.8 Å². The second-order valence-electron chi connectivity index (χ2n) is 8.52. The minimum absolute atomic E-state index is 0.0366. The Morgan fingerprint density at radius 1 is 0.944 bits per heavy atom. The van der Waals surface area contributed by atoms with Crippen LogP contribution in [0.2, 0.25) is 0 Å². The average molecular weight is 516 g/mol. The van der Waals surface area contributed by atoms with Crippen LogP contribution in [0, 0.1) is 6.92 Å². The van der Waals surface area contributed by atoms with Gasteiger partial charge in [-0.2, -0.15) is 0 Å². The largest absolute Gasteiger partial charge is 0.342 e. The van der Waals surface area contributed by atoms with Gasteiger partial charge in [-0.05, 0) is 50.2 Å². The number of amides is 2. The van der Waals surface area contributed by atoms with Crippen LogP contribution in [-0.4, -0.2) is 32.3 Å².